The van der Waals surface area contributed by atoms with Crippen molar-refractivity contribution >= 4 is 23.0 Å². The monoisotopic (exact) mass is 383 g/mol. The first-order chi connectivity index (χ1) is 13.7. The number of benzene rings is 1. The van der Waals surface area contributed by atoms with E-state index in [-0.39, 0.29) is 6.09 Å². The van der Waals surface area contributed by atoms with Crippen LogP contribution in [0.5, 0.6) is 0 Å². The third kappa shape index (κ3) is 4.91. The molecule has 7 heteroatoms. The van der Waals surface area contributed by atoms with Crippen molar-refractivity contribution in [2.45, 2.75) is 20.3 Å². The molecule has 1 aliphatic heterocycles. The van der Waals surface area contributed by atoms with Gasteiger partial charge in [0.25, 0.3) is 0 Å². The molecule has 2 heterocycles. The summed E-state index contributed by atoms with van der Waals surface area (Å²) in [5, 5.41) is 4.53. The van der Waals surface area contributed by atoms with E-state index in [0.29, 0.717) is 26.2 Å². The zero-order valence-electron chi connectivity index (χ0n) is 16.7. The standard InChI is InChI=1S/C21H29N5O2/c1-3-22-20(25-13-15-26(16-14-25)21(27)28-4-2)24-12-10-18-8-5-7-17-9-6-11-23-19(17)18/h5-9,11H,3-4,10,12-16H2,1-2H3,(H,22,24). The van der Waals surface area contributed by atoms with Gasteiger partial charge in [0.1, 0.15) is 0 Å². The molecule has 7 nitrogen and oxygen atoms in total. The van der Waals surface area contributed by atoms with Gasteiger partial charge < -0.3 is 19.9 Å². The average molecular weight is 383 g/mol. The maximum absolute atomic E-state index is 11.9. The van der Waals surface area contributed by atoms with Crippen molar-refractivity contribution in [1.29, 1.82) is 0 Å². The number of para-hydroxylation sites is 1. The number of amides is 1. The van der Waals surface area contributed by atoms with Crippen LogP contribution >= 0.6 is 0 Å². The van der Waals surface area contributed by atoms with E-state index in [2.05, 4.69) is 46.4 Å². The van der Waals surface area contributed by atoms with Crippen LogP contribution in [0.15, 0.2) is 41.5 Å². The van der Waals surface area contributed by atoms with E-state index in [1.165, 1.54) is 5.56 Å². The molecule has 1 aromatic carbocycles. The number of carbonyl (C=O) groups is 1. The maximum atomic E-state index is 11.9. The minimum absolute atomic E-state index is 0.229. The smallest absolute Gasteiger partial charge is 0.409 e. The van der Waals surface area contributed by atoms with Crippen LogP contribution in [0.3, 0.4) is 0 Å². The quantitative estimate of drug-likeness (QED) is 0.635. The predicted octanol–water partition coefficient (Wildman–Crippen LogP) is 2.52. The van der Waals surface area contributed by atoms with Gasteiger partial charge in [-0.25, -0.2) is 4.79 Å². The van der Waals surface area contributed by atoms with Gasteiger partial charge in [0.2, 0.25) is 0 Å². The first kappa shape index (κ1) is 19.9. The average Bonchev–Trinajstić information content (AvgIpc) is 2.73. The topological polar surface area (TPSA) is 70.1 Å². The van der Waals surface area contributed by atoms with Crippen LogP contribution in [-0.2, 0) is 11.2 Å². The predicted molar refractivity (Wildman–Crippen MR) is 112 cm³/mol. The van der Waals surface area contributed by atoms with E-state index in [0.717, 1.165) is 42.9 Å². The second-order valence-corrected chi connectivity index (χ2v) is 6.65. The molecular formula is C21H29N5O2. The molecule has 2 aromatic rings. The van der Waals surface area contributed by atoms with Crippen molar-refractivity contribution in [3.8, 4) is 0 Å². The third-order valence-electron chi connectivity index (χ3n) is 4.80. The lowest BCUT2D eigenvalue weighted by Gasteiger charge is -2.35. The van der Waals surface area contributed by atoms with Crippen LogP contribution in [0.4, 0.5) is 4.79 Å². The fraction of sp³-hybridized carbons (Fsp3) is 0.476. The number of piperazine rings is 1. The van der Waals surface area contributed by atoms with Crippen LogP contribution in [-0.4, -0.2) is 72.7 Å². The summed E-state index contributed by atoms with van der Waals surface area (Å²) in [6.07, 6.45) is 2.45. The lowest BCUT2D eigenvalue weighted by Crippen LogP contribution is -2.54. The summed E-state index contributed by atoms with van der Waals surface area (Å²) in [7, 11) is 0. The Balaban J connectivity index is 1.61. The van der Waals surface area contributed by atoms with E-state index in [1.807, 2.05) is 19.2 Å². The lowest BCUT2D eigenvalue weighted by molar-refractivity contribution is 0.0914. The second kappa shape index (κ2) is 9.92. The molecule has 3 rings (SSSR count). The van der Waals surface area contributed by atoms with Crippen molar-refractivity contribution in [3.63, 3.8) is 0 Å². The molecule has 0 radical (unpaired) electrons. The number of aliphatic imine (C=N–C) groups is 1. The van der Waals surface area contributed by atoms with Gasteiger partial charge in [0, 0.05) is 50.9 Å². The third-order valence-corrected chi connectivity index (χ3v) is 4.80. The van der Waals surface area contributed by atoms with Crippen molar-refractivity contribution in [2.24, 2.45) is 4.99 Å². The van der Waals surface area contributed by atoms with Crippen LogP contribution in [0.2, 0.25) is 0 Å². The van der Waals surface area contributed by atoms with Crippen molar-refractivity contribution < 1.29 is 9.53 Å². The largest absolute Gasteiger partial charge is 0.450 e. The highest BCUT2D eigenvalue weighted by atomic mass is 16.6. The lowest BCUT2D eigenvalue weighted by atomic mass is 10.1. The molecule has 150 valence electrons. The fourth-order valence-corrected chi connectivity index (χ4v) is 3.39. The second-order valence-electron chi connectivity index (χ2n) is 6.65. The van der Waals surface area contributed by atoms with Crippen LogP contribution < -0.4 is 5.32 Å². The molecule has 28 heavy (non-hydrogen) atoms. The Morgan fingerprint density at radius 2 is 1.89 bits per heavy atom. The summed E-state index contributed by atoms with van der Waals surface area (Å²) in [5.74, 6) is 0.902. The van der Waals surface area contributed by atoms with Crippen LogP contribution in [0, 0.1) is 0 Å². The van der Waals surface area contributed by atoms with E-state index < -0.39 is 0 Å². The number of guanidine groups is 1. The normalized spacial score (nSPS) is 15.0. The first-order valence-electron chi connectivity index (χ1n) is 10.0. The number of nitrogens with one attached hydrogen (secondary N) is 1. The molecule has 0 saturated carbocycles. The fourth-order valence-electron chi connectivity index (χ4n) is 3.39. The molecule has 1 aliphatic rings. The molecule has 1 N–H and O–H groups in total. The molecule has 1 amide bonds. The summed E-state index contributed by atoms with van der Waals surface area (Å²) >= 11 is 0. The van der Waals surface area contributed by atoms with Crippen molar-refractivity contribution in [2.75, 3.05) is 45.9 Å². The van der Waals surface area contributed by atoms with Crippen LogP contribution in [0.25, 0.3) is 10.9 Å². The highest BCUT2D eigenvalue weighted by molar-refractivity contribution is 5.82. The summed E-state index contributed by atoms with van der Waals surface area (Å²) in [6, 6.07) is 10.3. The minimum Gasteiger partial charge on any atom is -0.450 e. The number of pyridine rings is 1. The molecule has 0 bridgehead atoms. The van der Waals surface area contributed by atoms with Gasteiger partial charge >= 0.3 is 6.09 Å². The molecule has 0 unspecified atom stereocenters. The molecule has 0 atom stereocenters. The zero-order valence-corrected chi connectivity index (χ0v) is 16.7. The number of rotatable bonds is 5. The molecule has 0 aliphatic carbocycles. The first-order valence-corrected chi connectivity index (χ1v) is 10.0. The summed E-state index contributed by atoms with van der Waals surface area (Å²) in [5.41, 5.74) is 2.26. The van der Waals surface area contributed by atoms with Gasteiger partial charge in [0.15, 0.2) is 5.96 Å². The number of hydrogen-bond acceptors (Lipinski definition) is 4. The molecular weight excluding hydrogens is 354 g/mol. The van der Waals surface area contributed by atoms with Gasteiger partial charge in [-0.15, -0.1) is 0 Å². The molecule has 1 aromatic heterocycles. The van der Waals surface area contributed by atoms with E-state index >= 15 is 0 Å². The van der Waals surface area contributed by atoms with Gasteiger partial charge in [0.05, 0.1) is 12.1 Å². The number of fused-ring (bicyclic) bond motifs is 1. The molecule has 0 spiro atoms. The summed E-state index contributed by atoms with van der Waals surface area (Å²) < 4.78 is 5.09. The number of carbonyl (C=O) groups excluding carboxylic acids is 1. The Morgan fingerprint density at radius 1 is 1.14 bits per heavy atom. The van der Waals surface area contributed by atoms with Gasteiger partial charge in [-0.2, -0.15) is 0 Å². The van der Waals surface area contributed by atoms with E-state index in [4.69, 9.17) is 9.73 Å². The molecule has 1 saturated heterocycles. The van der Waals surface area contributed by atoms with E-state index in [9.17, 15) is 4.79 Å². The maximum Gasteiger partial charge on any atom is 0.409 e. The Hall–Kier alpha value is -2.83. The van der Waals surface area contributed by atoms with Crippen LogP contribution in [0.1, 0.15) is 19.4 Å². The number of nitrogens with zero attached hydrogens (tertiary/aromatic N) is 4. The summed E-state index contributed by atoms with van der Waals surface area (Å²) in [4.78, 5) is 25.2. The van der Waals surface area contributed by atoms with Gasteiger partial charge in [-0.1, -0.05) is 24.3 Å². The summed E-state index contributed by atoms with van der Waals surface area (Å²) in [6.45, 7) is 8.61. The zero-order chi connectivity index (χ0) is 19.8. The van der Waals surface area contributed by atoms with Crippen molar-refractivity contribution in [3.05, 3.63) is 42.1 Å². The Bertz CT molecular complexity index is 810. The highest BCUT2D eigenvalue weighted by Crippen LogP contribution is 2.16. The number of aromatic nitrogens is 1. The van der Waals surface area contributed by atoms with E-state index in [1.54, 1.807) is 4.90 Å². The Kier molecular flexibility index (Phi) is 7.06. The van der Waals surface area contributed by atoms with Gasteiger partial charge in [-0.3, -0.25) is 9.98 Å². The number of ether oxygens (including phenoxy) is 1. The van der Waals surface area contributed by atoms with Crippen molar-refractivity contribution in [1.82, 2.24) is 20.1 Å². The Morgan fingerprint density at radius 3 is 2.64 bits per heavy atom. The SMILES string of the molecule is CCNC(=NCCc1cccc2cccnc12)N1CCN(C(=O)OCC)CC1. The molecule has 1 fully saturated rings. The number of hydrogen-bond donors (Lipinski definition) is 1. The minimum atomic E-state index is -0.229. The van der Waals surface area contributed by atoms with Gasteiger partial charge in [-0.05, 0) is 31.9 Å². The highest BCUT2D eigenvalue weighted by Gasteiger charge is 2.23. The Labute approximate surface area is 166 Å².